The van der Waals surface area contributed by atoms with E-state index in [1.807, 2.05) is 30.3 Å². The van der Waals surface area contributed by atoms with Crippen LogP contribution in [0.2, 0.25) is 0 Å². The van der Waals surface area contributed by atoms with Crippen molar-refractivity contribution < 1.29 is 27.5 Å². The Hall–Kier alpha value is -3.29. The van der Waals surface area contributed by atoms with E-state index in [2.05, 4.69) is 0 Å². The van der Waals surface area contributed by atoms with Gasteiger partial charge in [0.2, 0.25) is 5.91 Å². The highest BCUT2D eigenvalue weighted by Crippen LogP contribution is 2.33. The predicted octanol–water partition coefficient (Wildman–Crippen LogP) is 6.01. The smallest absolute Gasteiger partial charge is 0.416 e. The van der Waals surface area contributed by atoms with Gasteiger partial charge in [-0.05, 0) is 66.9 Å². The number of rotatable bonds is 5. The van der Waals surface area contributed by atoms with Crippen molar-refractivity contribution in [1.82, 2.24) is 9.80 Å². The van der Waals surface area contributed by atoms with Crippen molar-refractivity contribution in [2.24, 2.45) is 11.8 Å². The van der Waals surface area contributed by atoms with Gasteiger partial charge in [-0.15, -0.1) is 0 Å². The van der Waals surface area contributed by atoms with E-state index < -0.39 is 11.7 Å². The van der Waals surface area contributed by atoms with Gasteiger partial charge >= 0.3 is 12.3 Å². The van der Waals surface area contributed by atoms with E-state index >= 15 is 0 Å². The first kappa shape index (κ1) is 25.8. The van der Waals surface area contributed by atoms with Crippen LogP contribution >= 0.6 is 0 Å². The molecule has 0 aromatic heterocycles. The molecule has 36 heavy (non-hydrogen) atoms. The van der Waals surface area contributed by atoms with Crippen molar-refractivity contribution in [3.63, 3.8) is 0 Å². The number of halogens is 3. The summed E-state index contributed by atoms with van der Waals surface area (Å²) in [6.07, 6.45) is 1.76. The SMILES string of the molecule is O=C(/C=C/c1cccc(C(F)(F)F)c1)N1CCC(C2CCN(C(=O)OCc3ccccc3)CC2)CC1. The number of carbonyl (C=O) groups is 2. The summed E-state index contributed by atoms with van der Waals surface area (Å²) in [5, 5.41) is 0. The van der Waals surface area contributed by atoms with Crippen molar-refractivity contribution in [1.29, 1.82) is 0 Å². The Balaban J connectivity index is 1.19. The maximum Gasteiger partial charge on any atom is 0.416 e. The van der Waals surface area contributed by atoms with Gasteiger partial charge in [0.1, 0.15) is 6.61 Å². The number of benzene rings is 2. The zero-order valence-corrected chi connectivity index (χ0v) is 20.1. The number of nitrogens with zero attached hydrogens (tertiary/aromatic N) is 2. The van der Waals surface area contributed by atoms with E-state index in [1.165, 1.54) is 18.2 Å². The Morgan fingerprint density at radius 2 is 1.47 bits per heavy atom. The van der Waals surface area contributed by atoms with Gasteiger partial charge in [0.25, 0.3) is 0 Å². The van der Waals surface area contributed by atoms with Gasteiger partial charge in [-0.3, -0.25) is 4.79 Å². The highest BCUT2D eigenvalue weighted by atomic mass is 19.4. The van der Waals surface area contributed by atoms with Gasteiger partial charge in [0.05, 0.1) is 5.56 Å². The van der Waals surface area contributed by atoms with E-state index in [0.717, 1.165) is 43.4 Å². The minimum Gasteiger partial charge on any atom is -0.445 e. The van der Waals surface area contributed by atoms with E-state index in [-0.39, 0.29) is 18.6 Å². The summed E-state index contributed by atoms with van der Waals surface area (Å²) in [5.41, 5.74) is 0.585. The lowest BCUT2D eigenvalue weighted by Gasteiger charge is -2.39. The minimum absolute atomic E-state index is 0.179. The molecule has 2 fully saturated rings. The van der Waals surface area contributed by atoms with Gasteiger partial charge in [-0.2, -0.15) is 13.2 Å². The predicted molar refractivity (Wildman–Crippen MR) is 131 cm³/mol. The number of amides is 2. The fraction of sp³-hybridized carbons (Fsp3) is 0.429. The molecule has 0 radical (unpaired) electrons. The van der Waals surface area contributed by atoms with Gasteiger partial charge in [0, 0.05) is 32.3 Å². The number of ether oxygens (including phenoxy) is 1. The molecule has 192 valence electrons. The molecule has 0 aliphatic carbocycles. The third kappa shape index (κ3) is 6.89. The molecular weight excluding hydrogens is 469 g/mol. The molecule has 2 aliphatic rings. The standard InChI is InChI=1S/C28H31F3N2O3/c29-28(30,31)25-8-4-7-21(19-25)9-10-26(34)32-15-11-23(12-16-32)24-13-17-33(18-14-24)27(35)36-20-22-5-2-1-3-6-22/h1-10,19,23-24H,11-18,20H2/b10-9+. The number of piperidine rings is 2. The van der Waals surface area contributed by atoms with Crippen molar-refractivity contribution in [3.8, 4) is 0 Å². The lowest BCUT2D eigenvalue weighted by molar-refractivity contribution is -0.137. The van der Waals surface area contributed by atoms with Crippen LogP contribution in [0.5, 0.6) is 0 Å². The number of alkyl halides is 3. The molecule has 0 atom stereocenters. The number of carbonyl (C=O) groups excluding carboxylic acids is 2. The molecule has 0 bridgehead atoms. The normalized spacial score (nSPS) is 18.0. The molecule has 0 spiro atoms. The highest BCUT2D eigenvalue weighted by Gasteiger charge is 2.32. The van der Waals surface area contributed by atoms with E-state index in [1.54, 1.807) is 15.9 Å². The third-order valence-electron chi connectivity index (χ3n) is 7.15. The highest BCUT2D eigenvalue weighted by molar-refractivity contribution is 5.91. The van der Waals surface area contributed by atoms with Crippen LogP contribution in [0.1, 0.15) is 42.4 Å². The summed E-state index contributed by atoms with van der Waals surface area (Å²) in [5.74, 6) is 0.840. The van der Waals surface area contributed by atoms with Crippen molar-refractivity contribution in [2.75, 3.05) is 26.2 Å². The quantitative estimate of drug-likeness (QED) is 0.473. The fourth-order valence-electron chi connectivity index (χ4n) is 5.05. The summed E-state index contributed by atoms with van der Waals surface area (Å²) in [6.45, 7) is 2.90. The average Bonchev–Trinajstić information content (AvgIpc) is 2.91. The van der Waals surface area contributed by atoms with E-state index in [9.17, 15) is 22.8 Å². The lowest BCUT2D eigenvalue weighted by atomic mass is 9.79. The number of hydrogen-bond donors (Lipinski definition) is 0. The second kappa shape index (κ2) is 11.6. The number of hydrogen-bond acceptors (Lipinski definition) is 3. The summed E-state index contributed by atoms with van der Waals surface area (Å²) in [7, 11) is 0. The molecule has 5 nitrogen and oxygen atoms in total. The van der Waals surface area contributed by atoms with Gasteiger partial charge in [-0.25, -0.2) is 4.79 Å². The molecule has 2 heterocycles. The van der Waals surface area contributed by atoms with Crippen LogP contribution in [-0.2, 0) is 22.3 Å². The zero-order chi connectivity index (χ0) is 25.5. The Labute approximate surface area is 209 Å². The van der Waals surface area contributed by atoms with Crippen molar-refractivity contribution in [2.45, 2.75) is 38.5 Å². The van der Waals surface area contributed by atoms with Crippen LogP contribution in [-0.4, -0.2) is 48.0 Å². The molecule has 2 amide bonds. The summed E-state index contributed by atoms with van der Waals surface area (Å²) in [6, 6.07) is 14.6. The monoisotopic (exact) mass is 500 g/mol. The van der Waals surface area contributed by atoms with Crippen molar-refractivity contribution >= 4 is 18.1 Å². The average molecular weight is 501 g/mol. The Morgan fingerprint density at radius 1 is 0.861 bits per heavy atom. The minimum atomic E-state index is -4.41. The maximum absolute atomic E-state index is 12.9. The van der Waals surface area contributed by atoms with Gasteiger partial charge in [0.15, 0.2) is 0 Å². The van der Waals surface area contributed by atoms with Gasteiger partial charge in [-0.1, -0.05) is 42.5 Å². The largest absolute Gasteiger partial charge is 0.445 e. The van der Waals surface area contributed by atoms with Crippen LogP contribution < -0.4 is 0 Å². The molecular formula is C28H31F3N2O3. The third-order valence-corrected chi connectivity index (χ3v) is 7.15. The molecule has 2 aromatic carbocycles. The second-order valence-corrected chi connectivity index (χ2v) is 9.48. The van der Waals surface area contributed by atoms with Crippen LogP contribution in [0.25, 0.3) is 6.08 Å². The Kier molecular flexibility index (Phi) is 8.33. The first-order valence-electron chi connectivity index (χ1n) is 12.4. The molecule has 0 unspecified atom stereocenters. The molecule has 0 saturated carbocycles. The first-order chi connectivity index (χ1) is 17.3. The summed E-state index contributed by atoms with van der Waals surface area (Å²) < 4.78 is 44.1. The fourth-order valence-corrected chi connectivity index (χ4v) is 5.05. The topological polar surface area (TPSA) is 49.9 Å². The molecule has 2 saturated heterocycles. The van der Waals surface area contributed by atoms with Crippen LogP contribution in [0.4, 0.5) is 18.0 Å². The van der Waals surface area contributed by atoms with Crippen molar-refractivity contribution in [3.05, 3.63) is 77.4 Å². The van der Waals surface area contributed by atoms with Gasteiger partial charge < -0.3 is 14.5 Å². The van der Waals surface area contributed by atoms with Crippen LogP contribution in [0.15, 0.2) is 60.7 Å². The molecule has 2 aliphatic heterocycles. The van der Waals surface area contributed by atoms with Crippen LogP contribution in [0.3, 0.4) is 0 Å². The van der Waals surface area contributed by atoms with E-state index in [4.69, 9.17) is 4.74 Å². The van der Waals surface area contributed by atoms with E-state index in [0.29, 0.717) is 43.6 Å². The second-order valence-electron chi connectivity index (χ2n) is 9.48. The molecule has 4 rings (SSSR count). The zero-order valence-electron chi connectivity index (χ0n) is 20.1. The first-order valence-corrected chi connectivity index (χ1v) is 12.4. The lowest BCUT2D eigenvalue weighted by Crippen LogP contribution is -2.43. The summed E-state index contributed by atoms with van der Waals surface area (Å²) in [4.78, 5) is 28.5. The molecule has 8 heteroatoms. The Bertz CT molecular complexity index is 1060. The van der Waals surface area contributed by atoms with Crippen LogP contribution in [0, 0.1) is 11.8 Å². The maximum atomic E-state index is 12.9. The molecule has 0 N–H and O–H groups in total. The Morgan fingerprint density at radius 3 is 2.08 bits per heavy atom. The summed E-state index contributed by atoms with van der Waals surface area (Å²) >= 11 is 0. The molecule has 2 aromatic rings. The number of likely N-dealkylation sites (tertiary alicyclic amines) is 2.